The molecule has 1 saturated heterocycles. The van der Waals surface area contributed by atoms with E-state index in [0.717, 1.165) is 53.9 Å². The van der Waals surface area contributed by atoms with E-state index in [-0.39, 0.29) is 18.3 Å². The molecule has 2 aliphatic heterocycles. The molecule has 4 heterocycles. The van der Waals surface area contributed by atoms with E-state index >= 15 is 4.39 Å². The van der Waals surface area contributed by atoms with Crippen LogP contribution in [-0.2, 0) is 24.9 Å². The van der Waals surface area contributed by atoms with Gasteiger partial charge in [0.25, 0.3) is 5.91 Å². The van der Waals surface area contributed by atoms with Gasteiger partial charge in [0.05, 0.1) is 31.4 Å². The zero-order chi connectivity index (χ0) is 28.1. The van der Waals surface area contributed by atoms with Crippen LogP contribution < -0.4 is 4.90 Å². The SMILES string of the molecule is Cn1cnnc1-c1cc(C#N)ccc1-c1cc(C2CC2)nc(N2Cc3c(F)cc(CN4CCOCC4)cc3C2=O)c1. The number of benzene rings is 2. The van der Waals surface area contributed by atoms with Gasteiger partial charge in [-0.2, -0.15) is 5.26 Å². The normalized spacial score (nSPS) is 17.1. The van der Waals surface area contributed by atoms with Crippen LogP contribution in [-0.4, -0.2) is 56.9 Å². The molecule has 2 aromatic carbocycles. The number of nitrogens with zero attached hydrogens (tertiary/aromatic N) is 7. The van der Waals surface area contributed by atoms with E-state index in [0.29, 0.717) is 54.0 Å². The van der Waals surface area contributed by atoms with Gasteiger partial charge in [0, 0.05) is 55.0 Å². The number of carbonyl (C=O) groups is 1. The largest absolute Gasteiger partial charge is 0.379 e. The Labute approximate surface area is 236 Å². The molecule has 1 saturated carbocycles. The molecule has 206 valence electrons. The number of morpholine rings is 1. The van der Waals surface area contributed by atoms with Crippen molar-refractivity contribution < 1.29 is 13.9 Å². The summed E-state index contributed by atoms with van der Waals surface area (Å²) in [5.74, 6) is 0.831. The molecule has 9 nitrogen and oxygen atoms in total. The minimum absolute atomic E-state index is 0.127. The van der Waals surface area contributed by atoms with Crippen molar-refractivity contribution in [3.05, 3.63) is 82.6 Å². The number of aromatic nitrogens is 4. The van der Waals surface area contributed by atoms with Crippen LogP contribution in [0.15, 0.2) is 48.8 Å². The number of hydrogen-bond acceptors (Lipinski definition) is 7. The summed E-state index contributed by atoms with van der Waals surface area (Å²) in [6.45, 7) is 3.58. The number of pyridine rings is 1. The second-order valence-electron chi connectivity index (χ2n) is 10.9. The lowest BCUT2D eigenvalue weighted by molar-refractivity contribution is 0.0341. The van der Waals surface area contributed by atoms with Crippen molar-refractivity contribution in [2.45, 2.75) is 31.8 Å². The Morgan fingerprint density at radius 2 is 1.90 bits per heavy atom. The van der Waals surface area contributed by atoms with Gasteiger partial charge >= 0.3 is 0 Å². The quantitative estimate of drug-likeness (QED) is 0.351. The van der Waals surface area contributed by atoms with Crippen LogP contribution in [0.2, 0.25) is 0 Å². The van der Waals surface area contributed by atoms with Crippen LogP contribution in [0.5, 0.6) is 0 Å². The van der Waals surface area contributed by atoms with Crippen molar-refractivity contribution in [1.29, 1.82) is 5.26 Å². The molecule has 0 bridgehead atoms. The molecule has 1 amide bonds. The fourth-order valence-corrected chi connectivity index (χ4v) is 5.71. The summed E-state index contributed by atoms with van der Waals surface area (Å²) in [6, 6.07) is 15.0. The topological polar surface area (TPSA) is 100 Å². The summed E-state index contributed by atoms with van der Waals surface area (Å²) in [5.41, 5.74) is 5.47. The van der Waals surface area contributed by atoms with Crippen LogP contribution in [0.25, 0.3) is 22.5 Å². The van der Waals surface area contributed by atoms with Crippen LogP contribution in [0.4, 0.5) is 10.2 Å². The van der Waals surface area contributed by atoms with E-state index in [1.165, 1.54) is 0 Å². The summed E-state index contributed by atoms with van der Waals surface area (Å²) in [6.07, 6.45) is 3.69. The third-order valence-electron chi connectivity index (χ3n) is 8.07. The monoisotopic (exact) mass is 549 g/mol. The number of halogens is 1. The number of aryl methyl sites for hydroxylation is 1. The van der Waals surface area contributed by atoms with E-state index in [9.17, 15) is 10.1 Å². The van der Waals surface area contributed by atoms with E-state index < -0.39 is 0 Å². The number of carbonyl (C=O) groups excluding carboxylic acids is 1. The van der Waals surface area contributed by atoms with Gasteiger partial charge in [0.1, 0.15) is 18.0 Å². The number of hydrogen-bond donors (Lipinski definition) is 0. The van der Waals surface area contributed by atoms with Gasteiger partial charge in [-0.1, -0.05) is 6.07 Å². The third kappa shape index (κ3) is 4.77. The van der Waals surface area contributed by atoms with Crippen LogP contribution >= 0.6 is 0 Å². The van der Waals surface area contributed by atoms with Crippen molar-refractivity contribution in [2.75, 3.05) is 31.2 Å². The first kappa shape index (κ1) is 25.5. The van der Waals surface area contributed by atoms with Gasteiger partial charge in [-0.05, 0) is 65.9 Å². The highest BCUT2D eigenvalue weighted by molar-refractivity contribution is 6.10. The zero-order valence-corrected chi connectivity index (χ0v) is 22.7. The van der Waals surface area contributed by atoms with Gasteiger partial charge in [-0.15, -0.1) is 10.2 Å². The van der Waals surface area contributed by atoms with Crippen LogP contribution in [0.3, 0.4) is 0 Å². The highest BCUT2D eigenvalue weighted by Crippen LogP contribution is 2.43. The van der Waals surface area contributed by atoms with E-state index in [2.05, 4.69) is 27.2 Å². The van der Waals surface area contributed by atoms with Gasteiger partial charge < -0.3 is 9.30 Å². The van der Waals surface area contributed by atoms with Crippen LogP contribution in [0.1, 0.15) is 51.5 Å². The molecule has 0 spiro atoms. The van der Waals surface area contributed by atoms with Gasteiger partial charge in [-0.3, -0.25) is 14.6 Å². The number of anilines is 1. The Bertz CT molecular complexity index is 1720. The smallest absolute Gasteiger partial charge is 0.260 e. The fourth-order valence-electron chi connectivity index (χ4n) is 5.71. The summed E-state index contributed by atoms with van der Waals surface area (Å²) in [5, 5.41) is 17.9. The lowest BCUT2D eigenvalue weighted by Crippen LogP contribution is -2.35. The lowest BCUT2D eigenvalue weighted by atomic mass is 9.96. The molecule has 2 fully saturated rings. The lowest BCUT2D eigenvalue weighted by Gasteiger charge is -2.26. The Morgan fingerprint density at radius 3 is 2.63 bits per heavy atom. The molecular formula is C31H28FN7O2. The number of amides is 1. The first-order valence-corrected chi connectivity index (χ1v) is 13.8. The highest BCUT2D eigenvalue weighted by Gasteiger charge is 2.34. The number of fused-ring (bicyclic) bond motifs is 1. The van der Waals surface area contributed by atoms with Gasteiger partial charge in [0.2, 0.25) is 0 Å². The Kier molecular flexibility index (Phi) is 6.33. The molecule has 3 aliphatic rings. The maximum atomic E-state index is 15.4. The van der Waals surface area contributed by atoms with Crippen LogP contribution in [0, 0.1) is 17.1 Å². The highest BCUT2D eigenvalue weighted by atomic mass is 19.1. The second kappa shape index (κ2) is 10.2. The molecule has 0 atom stereocenters. The van der Waals surface area contributed by atoms with Crippen molar-refractivity contribution in [2.24, 2.45) is 7.05 Å². The minimum Gasteiger partial charge on any atom is -0.379 e. The Balaban J connectivity index is 1.27. The molecule has 0 radical (unpaired) electrons. The second-order valence-corrected chi connectivity index (χ2v) is 10.9. The summed E-state index contributed by atoms with van der Waals surface area (Å²) < 4.78 is 22.6. The van der Waals surface area contributed by atoms with Crippen molar-refractivity contribution in [3.63, 3.8) is 0 Å². The maximum absolute atomic E-state index is 15.4. The average Bonchev–Trinajstić information content (AvgIpc) is 3.67. The molecule has 2 aromatic heterocycles. The summed E-state index contributed by atoms with van der Waals surface area (Å²) in [7, 11) is 1.85. The molecule has 0 N–H and O–H groups in total. The Hall–Kier alpha value is -4.46. The first-order chi connectivity index (χ1) is 20.0. The Morgan fingerprint density at radius 1 is 1.07 bits per heavy atom. The minimum atomic E-state index is -0.364. The third-order valence-corrected chi connectivity index (χ3v) is 8.07. The first-order valence-electron chi connectivity index (χ1n) is 13.8. The number of ether oxygens (including phenoxy) is 1. The molecule has 10 heteroatoms. The number of nitriles is 1. The van der Waals surface area contributed by atoms with E-state index in [4.69, 9.17) is 9.72 Å². The molecule has 41 heavy (non-hydrogen) atoms. The molecule has 1 aliphatic carbocycles. The van der Waals surface area contributed by atoms with Crippen molar-refractivity contribution in [1.82, 2.24) is 24.6 Å². The fraction of sp³-hybridized carbons (Fsp3) is 0.323. The van der Waals surface area contributed by atoms with Crippen molar-refractivity contribution in [3.8, 4) is 28.6 Å². The van der Waals surface area contributed by atoms with Crippen molar-refractivity contribution >= 4 is 11.7 Å². The zero-order valence-electron chi connectivity index (χ0n) is 22.7. The maximum Gasteiger partial charge on any atom is 0.260 e. The average molecular weight is 550 g/mol. The molecule has 7 rings (SSSR count). The standard InChI is InChI=1S/C31H28FN7O2/c1-37-18-34-36-30(37)24-10-19(15-33)2-5-23(24)22-13-28(21-3-4-21)35-29(14-22)39-17-26-25(31(39)40)11-20(12-27(26)32)16-38-6-8-41-9-7-38/h2,5,10-14,18,21H,3-4,6-9,16-17H2,1H3. The summed E-state index contributed by atoms with van der Waals surface area (Å²) >= 11 is 0. The predicted molar refractivity (Wildman–Crippen MR) is 149 cm³/mol. The predicted octanol–water partition coefficient (Wildman–Crippen LogP) is 4.42. The number of rotatable bonds is 6. The summed E-state index contributed by atoms with van der Waals surface area (Å²) in [4.78, 5) is 22.4. The van der Waals surface area contributed by atoms with E-state index in [1.807, 2.05) is 29.8 Å². The van der Waals surface area contributed by atoms with Gasteiger partial charge in [0.15, 0.2) is 5.82 Å². The van der Waals surface area contributed by atoms with Gasteiger partial charge in [-0.25, -0.2) is 9.37 Å². The van der Waals surface area contributed by atoms with E-state index in [1.54, 1.807) is 29.4 Å². The molecule has 0 unspecified atom stereocenters. The molecular weight excluding hydrogens is 521 g/mol. The molecule has 4 aromatic rings.